The number of rotatable bonds is 4. The summed E-state index contributed by atoms with van der Waals surface area (Å²) in [6.07, 6.45) is 1.28. The van der Waals surface area contributed by atoms with Crippen LogP contribution in [0.1, 0.15) is 6.92 Å². The van der Waals surface area contributed by atoms with Crippen molar-refractivity contribution in [2.24, 2.45) is 0 Å². The molecule has 2 aromatic rings. The van der Waals surface area contributed by atoms with E-state index < -0.39 is 0 Å². The number of nitrogens with one attached hydrogen (secondary N) is 2. The summed E-state index contributed by atoms with van der Waals surface area (Å²) in [4.78, 5) is 23.8. The van der Waals surface area contributed by atoms with Crippen LogP contribution >= 0.6 is 0 Å². The molecule has 0 unspecified atom stereocenters. The highest BCUT2D eigenvalue weighted by molar-refractivity contribution is 6.09. The predicted octanol–water partition coefficient (Wildman–Crippen LogP) is 3.21. The molecule has 2 amide bonds. The van der Waals surface area contributed by atoms with Crippen molar-refractivity contribution in [1.29, 1.82) is 0 Å². The van der Waals surface area contributed by atoms with Gasteiger partial charge >= 0.3 is 0 Å². The molecule has 0 spiro atoms. The van der Waals surface area contributed by atoms with Crippen molar-refractivity contribution in [3.05, 3.63) is 72.3 Å². The fourth-order valence-corrected chi connectivity index (χ4v) is 1.71. The van der Waals surface area contributed by atoms with Crippen LogP contribution < -0.4 is 10.6 Å². The SMILES string of the molecule is C/C(=C/C(=O)Nc1ccccc1)C(=O)Nc1ccccc1. The lowest BCUT2D eigenvalue weighted by Crippen LogP contribution is -2.16. The molecule has 2 rings (SSSR count). The number of para-hydroxylation sites is 2. The summed E-state index contributed by atoms with van der Waals surface area (Å²) >= 11 is 0. The summed E-state index contributed by atoms with van der Waals surface area (Å²) in [6, 6.07) is 18.2. The Balaban J connectivity index is 1.96. The van der Waals surface area contributed by atoms with Crippen molar-refractivity contribution in [2.45, 2.75) is 6.92 Å². The second kappa shape index (κ2) is 7.05. The van der Waals surface area contributed by atoms with Crippen LogP contribution in [0.5, 0.6) is 0 Å². The first kappa shape index (κ1) is 14.5. The molecule has 21 heavy (non-hydrogen) atoms. The second-order valence-corrected chi connectivity index (χ2v) is 4.50. The van der Waals surface area contributed by atoms with E-state index in [2.05, 4.69) is 10.6 Å². The Morgan fingerprint density at radius 2 is 1.29 bits per heavy atom. The van der Waals surface area contributed by atoms with E-state index >= 15 is 0 Å². The standard InChI is InChI=1S/C17H16N2O2/c1-13(17(21)19-15-10-6-3-7-11-15)12-16(20)18-14-8-4-2-5-9-14/h2-12H,1H3,(H,18,20)(H,19,21)/b13-12-. The van der Waals surface area contributed by atoms with Crippen LogP contribution in [0.3, 0.4) is 0 Å². The highest BCUT2D eigenvalue weighted by Gasteiger charge is 2.07. The highest BCUT2D eigenvalue weighted by atomic mass is 16.2. The fraction of sp³-hybridized carbons (Fsp3) is 0.0588. The number of carbonyl (C=O) groups excluding carboxylic acids is 2. The molecule has 4 heteroatoms. The minimum absolute atomic E-state index is 0.301. The van der Waals surface area contributed by atoms with E-state index in [1.54, 1.807) is 31.2 Å². The van der Waals surface area contributed by atoms with Gasteiger partial charge in [-0.3, -0.25) is 9.59 Å². The average molecular weight is 280 g/mol. The summed E-state index contributed by atoms with van der Waals surface area (Å²) in [7, 11) is 0. The maximum Gasteiger partial charge on any atom is 0.251 e. The zero-order chi connectivity index (χ0) is 15.1. The lowest BCUT2D eigenvalue weighted by atomic mass is 10.2. The molecule has 2 aromatic carbocycles. The normalized spacial score (nSPS) is 10.8. The summed E-state index contributed by atoms with van der Waals surface area (Å²) in [5.74, 6) is -0.633. The highest BCUT2D eigenvalue weighted by Crippen LogP contribution is 2.08. The van der Waals surface area contributed by atoms with Crippen LogP contribution in [-0.4, -0.2) is 11.8 Å². The second-order valence-electron chi connectivity index (χ2n) is 4.50. The number of anilines is 2. The first-order chi connectivity index (χ1) is 10.1. The third-order valence-corrected chi connectivity index (χ3v) is 2.78. The van der Waals surface area contributed by atoms with Gasteiger partial charge in [-0.15, -0.1) is 0 Å². The van der Waals surface area contributed by atoms with Gasteiger partial charge in [-0.2, -0.15) is 0 Å². The topological polar surface area (TPSA) is 58.2 Å². The van der Waals surface area contributed by atoms with Gasteiger partial charge in [-0.05, 0) is 31.2 Å². The van der Waals surface area contributed by atoms with E-state index in [1.165, 1.54) is 6.08 Å². The zero-order valence-electron chi connectivity index (χ0n) is 11.7. The smallest absolute Gasteiger partial charge is 0.251 e. The quantitative estimate of drug-likeness (QED) is 0.845. The van der Waals surface area contributed by atoms with Gasteiger partial charge in [0.05, 0.1) is 0 Å². The molecule has 0 aliphatic carbocycles. The van der Waals surface area contributed by atoms with Crippen LogP contribution in [0.2, 0.25) is 0 Å². The molecule has 106 valence electrons. The number of hydrogen-bond acceptors (Lipinski definition) is 2. The molecule has 0 aliphatic heterocycles. The van der Waals surface area contributed by atoms with E-state index in [-0.39, 0.29) is 11.8 Å². The monoisotopic (exact) mass is 280 g/mol. The van der Waals surface area contributed by atoms with Crippen molar-refractivity contribution in [2.75, 3.05) is 10.6 Å². The average Bonchev–Trinajstić information content (AvgIpc) is 2.49. The van der Waals surface area contributed by atoms with E-state index in [9.17, 15) is 9.59 Å². The molecular formula is C17H16N2O2. The zero-order valence-corrected chi connectivity index (χ0v) is 11.7. The van der Waals surface area contributed by atoms with Gasteiger partial charge in [0.1, 0.15) is 0 Å². The van der Waals surface area contributed by atoms with Crippen LogP contribution in [-0.2, 0) is 9.59 Å². The molecule has 0 heterocycles. The fourth-order valence-electron chi connectivity index (χ4n) is 1.71. The Hall–Kier alpha value is -2.88. The number of amides is 2. The maximum absolute atomic E-state index is 11.9. The van der Waals surface area contributed by atoms with Crippen molar-refractivity contribution in [3.8, 4) is 0 Å². The van der Waals surface area contributed by atoms with Crippen LogP contribution in [0.15, 0.2) is 72.3 Å². The Morgan fingerprint density at radius 3 is 1.81 bits per heavy atom. The van der Waals surface area contributed by atoms with Crippen molar-refractivity contribution < 1.29 is 9.59 Å². The Kier molecular flexibility index (Phi) is 4.88. The molecule has 4 nitrogen and oxygen atoms in total. The van der Waals surface area contributed by atoms with E-state index in [4.69, 9.17) is 0 Å². The minimum atomic E-state index is -0.332. The van der Waals surface area contributed by atoms with Gasteiger partial charge in [-0.1, -0.05) is 36.4 Å². The Labute approximate surface area is 123 Å². The number of carbonyl (C=O) groups is 2. The number of benzene rings is 2. The molecule has 0 bridgehead atoms. The summed E-state index contributed by atoms with van der Waals surface area (Å²) in [5, 5.41) is 5.42. The van der Waals surface area contributed by atoms with Crippen LogP contribution in [0, 0.1) is 0 Å². The predicted molar refractivity (Wildman–Crippen MR) is 83.9 cm³/mol. The molecule has 2 N–H and O–H groups in total. The van der Waals surface area contributed by atoms with Gasteiger partial charge < -0.3 is 10.6 Å². The maximum atomic E-state index is 11.9. The minimum Gasteiger partial charge on any atom is -0.323 e. The summed E-state index contributed by atoms with van der Waals surface area (Å²) in [5.41, 5.74) is 1.72. The van der Waals surface area contributed by atoms with Crippen LogP contribution in [0.4, 0.5) is 11.4 Å². The first-order valence-electron chi connectivity index (χ1n) is 6.56. The van der Waals surface area contributed by atoms with Gasteiger partial charge in [0.15, 0.2) is 0 Å². The molecule has 0 radical (unpaired) electrons. The van der Waals surface area contributed by atoms with Crippen molar-refractivity contribution >= 4 is 23.2 Å². The molecular weight excluding hydrogens is 264 g/mol. The Morgan fingerprint density at radius 1 is 0.810 bits per heavy atom. The van der Waals surface area contributed by atoms with Gasteiger partial charge in [0.2, 0.25) is 5.91 Å². The number of hydrogen-bond donors (Lipinski definition) is 2. The summed E-state index contributed by atoms with van der Waals surface area (Å²) < 4.78 is 0. The van der Waals surface area contributed by atoms with Gasteiger partial charge in [0.25, 0.3) is 5.91 Å². The van der Waals surface area contributed by atoms with Crippen molar-refractivity contribution in [3.63, 3.8) is 0 Å². The molecule has 0 fully saturated rings. The lowest BCUT2D eigenvalue weighted by Gasteiger charge is -2.05. The van der Waals surface area contributed by atoms with E-state index in [0.717, 1.165) is 0 Å². The van der Waals surface area contributed by atoms with Gasteiger partial charge in [-0.25, -0.2) is 0 Å². The third kappa shape index (κ3) is 4.62. The van der Waals surface area contributed by atoms with E-state index in [1.807, 2.05) is 36.4 Å². The molecule has 0 aromatic heterocycles. The summed E-state index contributed by atoms with van der Waals surface area (Å²) in [6.45, 7) is 1.60. The largest absolute Gasteiger partial charge is 0.323 e. The van der Waals surface area contributed by atoms with Crippen LogP contribution in [0.25, 0.3) is 0 Å². The first-order valence-corrected chi connectivity index (χ1v) is 6.56. The van der Waals surface area contributed by atoms with Gasteiger partial charge in [0, 0.05) is 23.0 Å². The molecule has 0 saturated carbocycles. The molecule has 0 aliphatic rings. The van der Waals surface area contributed by atoms with Crippen molar-refractivity contribution in [1.82, 2.24) is 0 Å². The third-order valence-electron chi connectivity index (χ3n) is 2.78. The van der Waals surface area contributed by atoms with E-state index in [0.29, 0.717) is 16.9 Å². The Bertz CT molecular complexity index is 649. The lowest BCUT2D eigenvalue weighted by molar-refractivity contribution is -0.114. The molecule has 0 atom stereocenters. The molecule has 0 saturated heterocycles.